The molecule has 1 fully saturated rings. The van der Waals surface area contributed by atoms with Crippen molar-refractivity contribution in [3.8, 4) is 0 Å². The molecule has 1 rings (SSSR count). The van der Waals surface area contributed by atoms with Crippen molar-refractivity contribution in [2.45, 2.75) is 36.7 Å². The van der Waals surface area contributed by atoms with Gasteiger partial charge in [0.2, 0.25) is 18.2 Å². The van der Waals surface area contributed by atoms with Crippen molar-refractivity contribution in [2.24, 2.45) is 0 Å². The third-order valence-corrected chi connectivity index (χ3v) is 2.46. The van der Waals surface area contributed by atoms with E-state index in [1.165, 1.54) is 0 Å². The first-order valence-corrected chi connectivity index (χ1v) is 5.64. The second kappa shape index (κ2) is 6.86. The second-order valence-electron chi connectivity index (χ2n) is 4.34. The van der Waals surface area contributed by atoms with Crippen LogP contribution in [0.5, 0.6) is 0 Å². The lowest BCUT2D eigenvalue weighted by Crippen LogP contribution is -2.64. The van der Waals surface area contributed by atoms with Crippen molar-refractivity contribution in [3.05, 3.63) is 0 Å². The number of alkyl halides is 12. The molecule has 3 atom stereocenters. The highest BCUT2D eigenvalue weighted by atomic mass is 19.4. The maximum atomic E-state index is 13.0. The maximum Gasteiger partial charge on any atom is 0.476 e. The molecule has 0 bridgehead atoms. The third-order valence-electron chi connectivity index (χ3n) is 2.46. The Labute approximate surface area is 126 Å². The Morgan fingerprint density at radius 1 is 0.458 bits per heavy atom. The first kappa shape index (κ1) is 21.3. The smallest absolute Gasteiger partial charge is 0.448 e. The van der Waals surface area contributed by atoms with E-state index < -0.39 is 58.1 Å². The molecule has 1 saturated heterocycles. The molecule has 0 aromatic carbocycles. The van der Waals surface area contributed by atoms with Crippen LogP contribution < -0.4 is 0 Å². The van der Waals surface area contributed by atoms with Crippen molar-refractivity contribution in [1.82, 2.24) is 0 Å². The fourth-order valence-electron chi connectivity index (χ4n) is 1.37. The van der Waals surface area contributed by atoms with Crippen molar-refractivity contribution in [3.63, 3.8) is 0 Å². The normalized spacial score (nSPS) is 21.8. The first-order chi connectivity index (χ1) is 10.5. The van der Waals surface area contributed by atoms with Crippen molar-refractivity contribution >= 4 is 21.4 Å². The zero-order chi connectivity index (χ0) is 19.1. The number of halogens is 12. The Bertz CT molecular complexity index is 358. The molecule has 0 radical (unpaired) electrons. The summed E-state index contributed by atoms with van der Waals surface area (Å²) in [5, 5.41) is 0. The van der Waals surface area contributed by atoms with Crippen LogP contribution in [-0.4, -0.2) is 58.1 Å². The zero-order valence-electron chi connectivity index (χ0n) is 10.7. The van der Waals surface area contributed by atoms with Crippen LogP contribution in [0, 0.1) is 0 Å². The molecular formula is C6H3B3F12O3. The molecule has 18 heteroatoms. The fraction of sp³-hybridized carbons (Fsp3) is 1.00. The minimum Gasteiger partial charge on any atom is -0.448 e. The van der Waals surface area contributed by atoms with Crippen molar-refractivity contribution in [1.29, 1.82) is 0 Å². The Kier molecular flexibility index (Phi) is 6.08. The lowest BCUT2D eigenvalue weighted by Gasteiger charge is -2.35. The third kappa shape index (κ3) is 5.11. The molecule has 1 aliphatic rings. The van der Waals surface area contributed by atoms with Crippen LogP contribution in [0.2, 0.25) is 0 Å². The van der Waals surface area contributed by atoms with Crippen molar-refractivity contribution in [2.75, 3.05) is 0 Å². The van der Waals surface area contributed by atoms with Gasteiger partial charge in [0.25, 0.3) is 0 Å². The molecule has 1 heterocycles. The molecule has 0 aromatic rings. The van der Waals surface area contributed by atoms with Crippen LogP contribution in [0.1, 0.15) is 0 Å². The van der Waals surface area contributed by atoms with Gasteiger partial charge in [0.05, 0.1) is 0 Å². The Morgan fingerprint density at radius 2 is 0.625 bits per heavy atom. The summed E-state index contributed by atoms with van der Waals surface area (Å²) in [5.74, 6) is 0. The van der Waals surface area contributed by atoms with Crippen molar-refractivity contribution < 1.29 is 66.4 Å². The van der Waals surface area contributed by atoms with Gasteiger partial charge in [-0.2, -0.15) is 39.5 Å². The van der Waals surface area contributed by atoms with E-state index in [1.54, 1.807) is 0 Å². The molecule has 0 aromatic heterocycles. The SMILES string of the molecule is FC(B1OB(C(F)C(F)(F)F)OB(C(F)C(F)(F)F)O1)C(F)(F)F. The van der Waals surface area contributed by atoms with Crippen LogP contribution in [0.15, 0.2) is 0 Å². The van der Waals surface area contributed by atoms with E-state index in [4.69, 9.17) is 0 Å². The summed E-state index contributed by atoms with van der Waals surface area (Å²) >= 11 is 0. The average molecular weight is 383 g/mol. The summed E-state index contributed by atoms with van der Waals surface area (Å²) in [4.78, 5) is 0. The van der Waals surface area contributed by atoms with Gasteiger partial charge in [0.1, 0.15) is 0 Å². The second-order valence-corrected chi connectivity index (χ2v) is 4.34. The summed E-state index contributed by atoms with van der Waals surface area (Å²) in [6.07, 6.45) is -30.4. The van der Waals surface area contributed by atoms with E-state index >= 15 is 0 Å². The van der Waals surface area contributed by atoms with Crippen LogP contribution in [0.4, 0.5) is 52.7 Å². The average Bonchev–Trinajstić information content (AvgIpc) is 2.41. The Hall–Kier alpha value is -0.765. The fourth-order valence-corrected chi connectivity index (χ4v) is 1.37. The highest BCUT2D eigenvalue weighted by Gasteiger charge is 2.64. The summed E-state index contributed by atoms with van der Waals surface area (Å²) in [6, 6.07) is 0. The van der Waals surface area contributed by atoms with Gasteiger partial charge in [-0.05, 0) is 0 Å². The van der Waals surface area contributed by atoms with Crippen LogP contribution in [0.25, 0.3) is 0 Å². The van der Waals surface area contributed by atoms with Gasteiger partial charge in [0.15, 0.2) is 0 Å². The first-order valence-electron chi connectivity index (χ1n) is 5.64. The number of rotatable bonds is 3. The van der Waals surface area contributed by atoms with E-state index in [0.717, 1.165) is 0 Å². The molecule has 0 amide bonds. The van der Waals surface area contributed by atoms with Gasteiger partial charge in [-0.3, -0.25) is 0 Å². The minimum atomic E-state index is -5.86. The van der Waals surface area contributed by atoms with Crippen LogP contribution in [-0.2, 0) is 13.7 Å². The van der Waals surface area contributed by atoms with E-state index in [1.807, 2.05) is 0 Å². The molecule has 0 spiro atoms. The predicted octanol–water partition coefficient (Wildman–Crippen LogP) is 2.83. The molecule has 3 nitrogen and oxygen atoms in total. The van der Waals surface area contributed by atoms with E-state index in [-0.39, 0.29) is 0 Å². The van der Waals surface area contributed by atoms with E-state index in [2.05, 4.69) is 13.7 Å². The summed E-state index contributed by atoms with van der Waals surface area (Å²) in [5.41, 5.74) is 0. The van der Waals surface area contributed by atoms with Gasteiger partial charge >= 0.3 is 39.9 Å². The largest absolute Gasteiger partial charge is 0.476 e. The van der Waals surface area contributed by atoms with Crippen LogP contribution in [0.3, 0.4) is 0 Å². The van der Waals surface area contributed by atoms with Gasteiger partial charge in [0, 0.05) is 0 Å². The highest BCUT2D eigenvalue weighted by Crippen LogP contribution is 2.35. The summed E-state index contributed by atoms with van der Waals surface area (Å²) in [7, 11) is -10.5. The molecular weight excluding hydrogens is 380 g/mol. The lowest BCUT2D eigenvalue weighted by atomic mass is 9.63. The quantitative estimate of drug-likeness (QED) is 0.554. The topological polar surface area (TPSA) is 27.7 Å². The molecule has 3 unspecified atom stereocenters. The van der Waals surface area contributed by atoms with Crippen LogP contribution >= 0.6 is 0 Å². The molecule has 24 heavy (non-hydrogen) atoms. The lowest BCUT2D eigenvalue weighted by molar-refractivity contribution is -0.172. The van der Waals surface area contributed by atoms with Gasteiger partial charge < -0.3 is 13.7 Å². The molecule has 138 valence electrons. The zero-order valence-corrected chi connectivity index (χ0v) is 10.7. The predicted molar refractivity (Wildman–Crippen MR) is 53.4 cm³/mol. The summed E-state index contributed by atoms with van der Waals surface area (Å²) < 4.78 is 159. The molecule has 0 aliphatic carbocycles. The Balaban J connectivity index is 3.07. The van der Waals surface area contributed by atoms with E-state index in [9.17, 15) is 52.7 Å². The van der Waals surface area contributed by atoms with Gasteiger partial charge in [-0.15, -0.1) is 0 Å². The summed E-state index contributed by atoms with van der Waals surface area (Å²) in [6.45, 7) is 0. The molecule has 1 aliphatic heterocycles. The number of hydrogen-bond donors (Lipinski definition) is 0. The minimum absolute atomic E-state index is 3.50. The maximum absolute atomic E-state index is 13.0. The molecule has 0 N–H and O–H groups in total. The monoisotopic (exact) mass is 384 g/mol. The Morgan fingerprint density at radius 3 is 0.750 bits per heavy atom. The van der Waals surface area contributed by atoms with Gasteiger partial charge in [-0.25, -0.2) is 13.2 Å². The molecule has 0 saturated carbocycles. The van der Waals surface area contributed by atoms with Gasteiger partial charge in [-0.1, -0.05) is 0 Å². The van der Waals surface area contributed by atoms with E-state index in [0.29, 0.717) is 0 Å². The highest BCUT2D eigenvalue weighted by molar-refractivity contribution is 6.75. The number of hydrogen-bond acceptors (Lipinski definition) is 3. The standard InChI is InChI=1S/C6H3B3F12O3/c10-1(4(13,14)15)7-22-8(2(11)5(16,17)18)24-9(23-7)3(12)6(19,20)21/h1-3H.